The summed E-state index contributed by atoms with van der Waals surface area (Å²) in [6.45, 7) is 3.95. The van der Waals surface area contributed by atoms with Gasteiger partial charge in [-0.15, -0.1) is 11.3 Å². The second kappa shape index (κ2) is 7.93. The van der Waals surface area contributed by atoms with Crippen molar-refractivity contribution in [3.05, 3.63) is 76.3 Å². The molecule has 0 radical (unpaired) electrons. The van der Waals surface area contributed by atoms with Crippen molar-refractivity contribution in [3.8, 4) is 0 Å². The monoisotopic (exact) mass is 365 g/mol. The molecule has 132 valence electrons. The topological polar surface area (TPSA) is 71.1 Å². The summed E-state index contributed by atoms with van der Waals surface area (Å²) in [6, 6.07) is 15.3. The SMILES string of the molecule is Cc1ccc(NC(=O)c2csc(NC(=O)Cc3ccccc3)n2)c(C)c1. The Balaban J connectivity index is 1.61. The molecule has 2 aromatic carbocycles. The van der Waals surface area contributed by atoms with Gasteiger partial charge in [-0.3, -0.25) is 9.59 Å². The maximum absolute atomic E-state index is 12.4. The van der Waals surface area contributed by atoms with Crippen molar-refractivity contribution in [1.29, 1.82) is 0 Å². The Kier molecular flexibility index (Phi) is 5.43. The van der Waals surface area contributed by atoms with Gasteiger partial charge in [0.15, 0.2) is 5.13 Å². The molecule has 6 heteroatoms. The number of nitrogens with zero attached hydrogens (tertiary/aromatic N) is 1. The predicted molar refractivity (Wildman–Crippen MR) is 105 cm³/mol. The fourth-order valence-electron chi connectivity index (χ4n) is 2.52. The van der Waals surface area contributed by atoms with Gasteiger partial charge < -0.3 is 10.6 Å². The van der Waals surface area contributed by atoms with Crippen molar-refractivity contribution in [2.75, 3.05) is 10.6 Å². The number of aryl methyl sites for hydroxylation is 2. The number of aromatic nitrogens is 1. The summed E-state index contributed by atoms with van der Waals surface area (Å²) >= 11 is 1.23. The molecule has 0 bridgehead atoms. The Morgan fingerprint density at radius 2 is 1.81 bits per heavy atom. The summed E-state index contributed by atoms with van der Waals surface area (Å²) in [6.07, 6.45) is 0.268. The number of nitrogens with one attached hydrogen (secondary N) is 2. The summed E-state index contributed by atoms with van der Waals surface area (Å²) in [4.78, 5) is 28.7. The average molecular weight is 365 g/mol. The molecule has 2 N–H and O–H groups in total. The van der Waals surface area contributed by atoms with E-state index in [0.29, 0.717) is 5.13 Å². The summed E-state index contributed by atoms with van der Waals surface area (Å²) in [5, 5.41) is 7.64. The van der Waals surface area contributed by atoms with Crippen LogP contribution >= 0.6 is 11.3 Å². The van der Waals surface area contributed by atoms with E-state index < -0.39 is 0 Å². The minimum absolute atomic E-state index is 0.160. The van der Waals surface area contributed by atoms with Crippen molar-refractivity contribution >= 4 is 34.0 Å². The highest BCUT2D eigenvalue weighted by Gasteiger charge is 2.14. The lowest BCUT2D eigenvalue weighted by Crippen LogP contribution is -2.16. The van der Waals surface area contributed by atoms with Crippen LogP contribution in [0.15, 0.2) is 53.9 Å². The van der Waals surface area contributed by atoms with Gasteiger partial charge in [0.2, 0.25) is 5.91 Å². The van der Waals surface area contributed by atoms with E-state index in [0.717, 1.165) is 22.4 Å². The first kappa shape index (κ1) is 17.8. The second-order valence-corrected chi connectivity index (χ2v) is 6.88. The molecular formula is C20H19N3O2S. The van der Waals surface area contributed by atoms with Crippen molar-refractivity contribution in [2.24, 2.45) is 0 Å². The Bertz CT molecular complexity index is 935. The summed E-state index contributed by atoms with van der Waals surface area (Å²) in [5.74, 6) is -0.455. The Morgan fingerprint density at radius 1 is 1.04 bits per heavy atom. The summed E-state index contributed by atoms with van der Waals surface area (Å²) < 4.78 is 0. The zero-order valence-electron chi connectivity index (χ0n) is 14.6. The first-order chi connectivity index (χ1) is 12.5. The van der Waals surface area contributed by atoms with Crippen LogP contribution in [0.5, 0.6) is 0 Å². The molecule has 26 heavy (non-hydrogen) atoms. The Morgan fingerprint density at radius 3 is 2.54 bits per heavy atom. The van der Waals surface area contributed by atoms with Gasteiger partial charge in [-0.25, -0.2) is 4.98 Å². The fraction of sp³-hybridized carbons (Fsp3) is 0.150. The predicted octanol–water partition coefficient (Wildman–Crippen LogP) is 4.19. The van der Waals surface area contributed by atoms with Gasteiger partial charge in [0.05, 0.1) is 6.42 Å². The molecule has 3 rings (SSSR count). The van der Waals surface area contributed by atoms with Crippen LogP contribution in [-0.2, 0) is 11.2 Å². The van der Waals surface area contributed by atoms with Crippen LogP contribution in [-0.4, -0.2) is 16.8 Å². The molecule has 0 aliphatic rings. The third kappa shape index (κ3) is 4.55. The standard InChI is InChI=1S/C20H19N3O2S/c1-13-8-9-16(14(2)10-13)21-19(25)17-12-26-20(22-17)23-18(24)11-15-6-4-3-5-7-15/h3-10,12H,11H2,1-2H3,(H,21,25)(H,22,23,24). The molecule has 5 nitrogen and oxygen atoms in total. The van der Waals surface area contributed by atoms with Crippen molar-refractivity contribution in [2.45, 2.75) is 20.3 Å². The zero-order chi connectivity index (χ0) is 18.5. The zero-order valence-corrected chi connectivity index (χ0v) is 15.4. The third-order valence-corrected chi connectivity index (χ3v) is 4.58. The molecule has 0 spiro atoms. The maximum Gasteiger partial charge on any atom is 0.275 e. The molecule has 0 saturated heterocycles. The molecule has 1 heterocycles. The Labute approximate surface area is 156 Å². The van der Waals surface area contributed by atoms with Gasteiger partial charge in [-0.2, -0.15) is 0 Å². The molecule has 3 aromatic rings. The fourth-order valence-corrected chi connectivity index (χ4v) is 3.23. The van der Waals surface area contributed by atoms with Gasteiger partial charge in [0, 0.05) is 11.1 Å². The molecule has 0 fully saturated rings. The number of anilines is 2. The van der Waals surface area contributed by atoms with Crippen molar-refractivity contribution < 1.29 is 9.59 Å². The van der Waals surface area contributed by atoms with Crippen LogP contribution in [0.25, 0.3) is 0 Å². The van der Waals surface area contributed by atoms with Crippen LogP contribution in [0.2, 0.25) is 0 Å². The van der Waals surface area contributed by atoms with E-state index in [4.69, 9.17) is 0 Å². The van der Waals surface area contributed by atoms with Crippen LogP contribution in [0.4, 0.5) is 10.8 Å². The van der Waals surface area contributed by atoms with Gasteiger partial charge in [0.1, 0.15) is 5.69 Å². The van der Waals surface area contributed by atoms with E-state index in [1.807, 2.05) is 62.4 Å². The number of amides is 2. The molecule has 0 aliphatic heterocycles. The number of carbonyl (C=O) groups excluding carboxylic acids is 2. The minimum Gasteiger partial charge on any atom is -0.320 e. The first-order valence-corrected chi connectivity index (χ1v) is 9.07. The molecule has 0 atom stereocenters. The largest absolute Gasteiger partial charge is 0.320 e. The normalized spacial score (nSPS) is 10.4. The van der Waals surface area contributed by atoms with Crippen molar-refractivity contribution in [3.63, 3.8) is 0 Å². The molecule has 1 aromatic heterocycles. The van der Waals surface area contributed by atoms with E-state index in [1.54, 1.807) is 5.38 Å². The lowest BCUT2D eigenvalue weighted by molar-refractivity contribution is -0.115. The highest BCUT2D eigenvalue weighted by atomic mass is 32.1. The van der Waals surface area contributed by atoms with Crippen LogP contribution in [0.3, 0.4) is 0 Å². The number of benzene rings is 2. The average Bonchev–Trinajstić information content (AvgIpc) is 3.06. The summed E-state index contributed by atoms with van der Waals surface area (Å²) in [7, 11) is 0. The second-order valence-electron chi connectivity index (χ2n) is 6.02. The number of hydrogen-bond acceptors (Lipinski definition) is 4. The van der Waals surface area contributed by atoms with Crippen LogP contribution in [0, 0.1) is 13.8 Å². The van der Waals surface area contributed by atoms with Gasteiger partial charge in [0.25, 0.3) is 5.91 Å². The van der Waals surface area contributed by atoms with Crippen molar-refractivity contribution in [1.82, 2.24) is 4.98 Å². The van der Waals surface area contributed by atoms with E-state index >= 15 is 0 Å². The molecule has 0 unspecified atom stereocenters. The molecular weight excluding hydrogens is 346 g/mol. The number of carbonyl (C=O) groups is 2. The number of thiazole rings is 1. The number of rotatable bonds is 5. The number of hydrogen-bond donors (Lipinski definition) is 2. The van der Waals surface area contributed by atoms with E-state index in [9.17, 15) is 9.59 Å². The lowest BCUT2D eigenvalue weighted by atomic mass is 10.1. The highest BCUT2D eigenvalue weighted by molar-refractivity contribution is 7.14. The molecule has 2 amide bonds. The quantitative estimate of drug-likeness (QED) is 0.712. The van der Waals surface area contributed by atoms with Gasteiger partial charge in [-0.1, -0.05) is 48.0 Å². The molecule has 0 saturated carbocycles. The first-order valence-electron chi connectivity index (χ1n) is 8.19. The molecule has 0 aliphatic carbocycles. The highest BCUT2D eigenvalue weighted by Crippen LogP contribution is 2.20. The van der Waals surface area contributed by atoms with E-state index in [1.165, 1.54) is 11.3 Å². The van der Waals surface area contributed by atoms with Crippen LogP contribution < -0.4 is 10.6 Å². The minimum atomic E-state index is -0.295. The van der Waals surface area contributed by atoms with Crippen LogP contribution in [0.1, 0.15) is 27.2 Å². The van der Waals surface area contributed by atoms with E-state index in [-0.39, 0.29) is 23.9 Å². The smallest absolute Gasteiger partial charge is 0.275 e. The maximum atomic E-state index is 12.4. The van der Waals surface area contributed by atoms with E-state index in [2.05, 4.69) is 15.6 Å². The van der Waals surface area contributed by atoms with Gasteiger partial charge >= 0.3 is 0 Å². The Hall–Kier alpha value is -2.99. The summed E-state index contributed by atoms with van der Waals surface area (Å²) in [5.41, 5.74) is 4.09. The van der Waals surface area contributed by atoms with Gasteiger partial charge in [-0.05, 0) is 31.0 Å². The third-order valence-electron chi connectivity index (χ3n) is 3.82. The lowest BCUT2D eigenvalue weighted by Gasteiger charge is -2.07.